The summed E-state index contributed by atoms with van der Waals surface area (Å²) in [6.07, 6.45) is 0. The third kappa shape index (κ3) is 3.49. The van der Waals surface area contributed by atoms with Crippen molar-refractivity contribution in [1.29, 1.82) is 0 Å². The summed E-state index contributed by atoms with van der Waals surface area (Å²) in [6, 6.07) is 9.32. The first-order chi connectivity index (χ1) is 13.1. The maximum Gasteiger partial charge on any atom is 0.271 e. The zero-order valence-electron chi connectivity index (χ0n) is 14.3. The number of fused-ring (bicyclic) bond motifs is 1. The number of nitrogens with zero attached hydrogens (tertiary/aromatic N) is 2. The second-order valence-electron chi connectivity index (χ2n) is 6.08. The van der Waals surface area contributed by atoms with Crippen LogP contribution in [-0.2, 0) is 4.74 Å². The number of hydrogen-bond acceptors (Lipinski definition) is 7. The van der Waals surface area contributed by atoms with E-state index < -0.39 is 4.92 Å². The Morgan fingerprint density at radius 3 is 2.63 bits per heavy atom. The van der Waals surface area contributed by atoms with Crippen LogP contribution in [0.2, 0.25) is 0 Å². The van der Waals surface area contributed by atoms with E-state index in [0.29, 0.717) is 54.7 Å². The highest BCUT2D eigenvalue weighted by Crippen LogP contribution is 2.34. The van der Waals surface area contributed by atoms with Crippen LogP contribution in [-0.4, -0.2) is 43.9 Å². The van der Waals surface area contributed by atoms with E-state index in [2.05, 4.69) is 5.32 Å². The lowest BCUT2D eigenvalue weighted by Gasteiger charge is -2.30. The van der Waals surface area contributed by atoms with Crippen LogP contribution in [0.25, 0.3) is 0 Å². The van der Waals surface area contributed by atoms with Gasteiger partial charge in [-0.3, -0.25) is 14.9 Å². The van der Waals surface area contributed by atoms with E-state index in [-0.39, 0.29) is 18.4 Å². The van der Waals surface area contributed by atoms with Crippen molar-refractivity contribution in [3.63, 3.8) is 0 Å². The van der Waals surface area contributed by atoms with Crippen molar-refractivity contribution < 1.29 is 23.9 Å². The topological polar surface area (TPSA) is 103 Å². The van der Waals surface area contributed by atoms with Crippen LogP contribution in [0.15, 0.2) is 36.4 Å². The zero-order chi connectivity index (χ0) is 18.8. The number of non-ortho nitro benzene ring substituents is 1. The fourth-order valence-electron chi connectivity index (χ4n) is 3.04. The molecule has 2 aromatic rings. The lowest BCUT2D eigenvalue weighted by molar-refractivity contribution is -0.384. The molecule has 4 rings (SSSR count). The summed E-state index contributed by atoms with van der Waals surface area (Å²) in [6.45, 7) is 2.36. The second kappa shape index (κ2) is 7.12. The van der Waals surface area contributed by atoms with Crippen molar-refractivity contribution in [2.24, 2.45) is 0 Å². The summed E-state index contributed by atoms with van der Waals surface area (Å²) >= 11 is 0. The molecule has 2 aliphatic rings. The predicted molar refractivity (Wildman–Crippen MR) is 96.6 cm³/mol. The second-order valence-corrected chi connectivity index (χ2v) is 6.08. The van der Waals surface area contributed by atoms with Crippen molar-refractivity contribution in [2.45, 2.75) is 0 Å². The molecule has 0 atom stereocenters. The average Bonchev–Trinajstić information content (AvgIpc) is 3.16. The molecule has 0 bridgehead atoms. The lowest BCUT2D eigenvalue weighted by atomic mass is 10.1. The Morgan fingerprint density at radius 1 is 1.07 bits per heavy atom. The molecule has 2 heterocycles. The van der Waals surface area contributed by atoms with Crippen molar-refractivity contribution in [1.82, 2.24) is 0 Å². The summed E-state index contributed by atoms with van der Waals surface area (Å²) in [5.41, 5.74) is 1.48. The molecular formula is C18H17N3O6. The molecule has 0 aliphatic carbocycles. The average molecular weight is 371 g/mol. The van der Waals surface area contributed by atoms with E-state index in [1.807, 2.05) is 4.90 Å². The Hall–Kier alpha value is -3.33. The highest BCUT2D eigenvalue weighted by Gasteiger charge is 2.21. The maximum atomic E-state index is 12.7. The molecule has 0 radical (unpaired) electrons. The van der Waals surface area contributed by atoms with Gasteiger partial charge in [-0.15, -0.1) is 0 Å². The summed E-state index contributed by atoms with van der Waals surface area (Å²) in [4.78, 5) is 25.3. The SMILES string of the molecule is O=C(Nc1ccc([N+](=O)[O-])cc1N1CCOCC1)c1ccc2c(c1)OCO2. The predicted octanol–water partition coefficient (Wildman–Crippen LogP) is 2.41. The molecule has 0 aromatic heterocycles. The number of carbonyl (C=O) groups excluding carboxylic acids is 1. The Kier molecular flexibility index (Phi) is 4.51. The molecule has 140 valence electrons. The standard InChI is InChI=1S/C18H17N3O6/c22-18(12-1-4-16-17(9-12)27-11-26-16)19-14-3-2-13(21(23)24)10-15(14)20-5-7-25-8-6-20/h1-4,9-10H,5-8,11H2,(H,19,22). The van der Waals surface area contributed by atoms with Crippen molar-refractivity contribution in [3.8, 4) is 11.5 Å². The van der Waals surface area contributed by atoms with Gasteiger partial charge in [0, 0.05) is 30.8 Å². The first kappa shape index (κ1) is 17.1. The van der Waals surface area contributed by atoms with Crippen LogP contribution in [0.4, 0.5) is 17.1 Å². The molecule has 9 nitrogen and oxygen atoms in total. The van der Waals surface area contributed by atoms with Crippen LogP contribution < -0.4 is 19.7 Å². The minimum Gasteiger partial charge on any atom is -0.454 e. The van der Waals surface area contributed by atoms with Gasteiger partial charge >= 0.3 is 0 Å². The van der Waals surface area contributed by atoms with Crippen LogP contribution in [0.1, 0.15) is 10.4 Å². The molecule has 1 N–H and O–H groups in total. The van der Waals surface area contributed by atoms with Crippen LogP contribution >= 0.6 is 0 Å². The van der Waals surface area contributed by atoms with Gasteiger partial charge in [0.05, 0.1) is 29.5 Å². The Balaban J connectivity index is 1.62. The molecule has 0 unspecified atom stereocenters. The number of morpholine rings is 1. The van der Waals surface area contributed by atoms with Crippen LogP contribution in [0, 0.1) is 10.1 Å². The number of nitrogens with one attached hydrogen (secondary N) is 1. The number of hydrogen-bond donors (Lipinski definition) is 1. The molecule has 2 aromatic carbocycles. The minimum atomic E-state index is -0.451. The zero-order valence-corrected chi connectivity index (χ0v) is 14.3. The summed E-state index contributed by atoms with van der Waals surface area (Å²) in [5, 5.41) is 14.0. The van der Waals surface area contributed by atoms with Gasteiger partial charge in [0.15, 0.2) is 11.5 Å². The minimum absolute atomic E-state index is 0.0300. The van der Waals surface area contributed by atoms with Gasteiger partial charge in [-0.1, -0.05) is 0 Å². The molecule has 1 saturated heterocycles. The van der Waals surface area contributed by atoms with Gasteiger partial charge < -0.3 is 24.4 Å². The molecule has 2 aliphatic heterocycles. The third-order valence-corrected chi connectivity index (χ3v) is 4.43. The number of amides is 1. The Morgan fingerprint density at radius 2 is 1.85 bits per heavy atom. The van der Waals surface area contributed by atoms with E-state index in [9.17, 15) is 14.9 Å². The Labute approximate surface area is 154 Å². The van der Waals surface area contributed by atoms with Crippen LogP contribution in [0.5, 0.6) is 11.5 Å². The quantitative estimate of drug-likeness (QED) is 0.650. The fourth-order valence-corrected chi connectivity index (χ4v) is 3.04. The molecule has 9 heteroatoms. The highest BCUT2D eigenvalue weighted by molar-refractivity contribution is 6.06. The maximum absolute atomic E-state index is 12.7. The smallest absolute Gasteiger partial charge is 0.271 e. The highest BCUT2D eigenvalue weighted by atomic mass is 16.7. The van der Waals surface area contributed by atoms with E-state index >= 15 is 0 Å². The molecule has 0 spiro atoms. The monoisotopic (exact) mass is 371 g/mol. The summed E-state index contributed by atoms with van der Waals surface area (Å²) in [7, 11) is 0. The molecule has 1 amide bonds. The number of benzene rings is 2. The van der Waals surface area contributed by atoms with E-state index in [0.717, 1.165) is 0 Å². The van der Waals surface area contributed by atoms with Gasteiger partial charge in [0.2, 0.25) is 6.79 Å². The first-order valence-electron chi connectivity index (χ1n) is 8.44. The molecule has 1 fully saturated rings. The Bertz CT molecular complexity index is 895. The number of rotatable bonds is 4. The van der Waals surface area contributed by atoms with Crippen molar-refractivity contribution >= 4 is 23.0 Å². The largest absolute Gasteiger partial charge is 0.454 e. The number of carbonyl (C=O) groups is 1. The van der Waals surface area contributed by atoms with Crippen molar-refractivity contribution in [2.75, 3.05) is 43.3 Å². The van der Waals surface area contributed by atoms with E-state index in [4.69, 9.17) is 14.2 Å². The first-order valence-corrected chi connectivity index (χ1v) is 8.44. The summed E-state index contributed by atoms with van der Waals surface area (Å²) < 4.78 is 15.9. The normalized spacial score (nSPS) is 15.5. The number of nitro groups is 1. The van der Waals surface area contributed by atoms with Gasteiger partial charge in [0.1, 0.15) is 0 Å². The number of nitro benzene ring substituents is 1. The lowest BCUT2D eigenvalue weighted by Crippen LogP contribution is -2.36. The summed E-state index contributed by atoms with van der Waals surface area (Å²) in [5.74, 6) is 0.771. The van der Waals surface area contributed by atoms with Gasteiger partial charge in [0.25, 0.3) is 11.6 Å². The molecule has 27 heavy (non-hydrogen) atoms. The molecular weight excluding hydrogens is 354 g/mol. The van der Waals surface area contributed by atoms with E-state index in [1.54, 1.807) is 24.3 Å². The fraction of sp³-hybridized carbons (Fsp3) is 0.278. The van der Waals surface area contributed by atoms with Gasteiger partial charge in [-0.05, 0) is 24.3 Å². The molecule has 0 saturated carbocycles. The third-order valence-electron chi connectivity index (χ3n) is 4.43. The number of anilines is 2. The van der Waals surface area contributed by atoms with E-state index in [1.165, 1.54) is 12.1 Å². The van der Waals surface area contributed by atoms with Crippen LogP contribution in [0.3, 0.4) is 0 Å². The van der Waals surface area contributed by atoms with Gasteiger partial charge in [-0.25, -0.2) is 0 Å². The number of ether oxygens (including phenoxy) is 3. The van der Waals surface area contributed by atoms with Gasteiger partial charge in [-0.2, -0.15) is 0 Å². The van der Waals surface area contributed by atoms with Crippen molar-refractivity contribution in [3.05, 3.63) is 52.1 Å².